The molecule has 0 fully saturated rings. The molecule has 0 saturated carbocycles. The van der Waals surface area contributed by atoms with Crippen LogP contribution in [0.1, 0.15) is 35.3 Å². The predicted molar refractivity (Wildman–Crippen MR) is 98.6 cm³/mol. The summed E-state index contributed by atoms with van der Waals surface area (Å²) < 4.78 is 0. The SMILES string of the molecule is CC(C)NC(=O)Nc1ccccc1C(=O)N1CCc2ccccc2C1. The van der Waals surface area contributed by atoms with Gasteiger partial charge in [0.2, 0.25) is 0 Å². The van der Waals surface area contributed by atoms with Crippen LogP contribution in [0.5, 0.6) is 0 Å². The van der Waals surface area contributed by atoms with E-state index in [1.54, 1.807) is 12.1 Å². The van der Waals surface area contributed by atoms with E-state index < -0.39 is 0 Å². The van der Waals surface area contributed by atoms with E-state index in [0.29, 0.717) is 24.3 Å². The monoisotopic (exact) mass is 337 g/mol. The number of nitrogens with one attached hydrogen (secondary N) is 2. The van der Waals surface area contributed by atoms with Gasteiger partial charge < -0.3 is 15.5 Å². The number of rotatable bonds is 3. The third-order valence-electron chi connectivity index (χ3n) is 4.24. The van der Waals surface area contributed by atoms with Crippen LogP contribution < -0.4 is 10.6 Å². The first kappa shape index (κ1) is 17.0. The second kappa shape index (κ2) is 7.38. The maximum Gasteiger partial charge on any atom is 0.319 e. The molecule has 2 aromatic rings. The average molecular weight is 337 g/mol. The van der Waals surface area contributed by atoms with E-state index in [0.717, 1.165) is 6.42 Å². The molecule has 3 rings (SSSR count). The zero-order valence-corrected chi connectivity index (χ0v) is 14.6. The van der Waals surface area contributed by atoms with Gasteiger partial charge in [-0.1, -0.05) is 36.4 Å². The largest absolute Gasteiger partial charge is 0.336 e. The number of carbonyl (C=O) groups excluding carboxylic acids is 2. The number of amides is 3. The number of anilines is 1. The minimum atomic E-state index is -0.306. The van der Waals surface area contributed by atoms with E-state index in [-0.39, 0.29) is 18.0 Å². The molecule has 0 aromatic heterocycles. The summed E-state index contributed by atoms with van der Waals surface area (Å²) >= 11 is 0. The maximum absolute atomic E-state index is 13.0. The van der Waals surface area contributed by atoms with Crippen LogP contribution in [-0.4, -0.2) is 29.4 Å². The van der Waals surface area contributed by atoms with Gasteiger partial charge >= 0.3 is 6.03 Å². The van der Waals surface area contributed by atoms with Gasteiger partial charge in [-0.3, -0.25) is 4.79 Å². The fourth-order valence-corrected chi connectivity index (χ4v) is 3.04. The van der Waals surface area contributed by atoms with Crippen LogP contribution >= 0.6 is 0 Å². The standard InChI is InChI=1S/C20H23N3O2/c1-14(2)21-20(25)22-18-10-6-5-9-17(18)19(24)23-12-11-15-7-3-4-8-16(15)13-23/h3-10,14H,11-13H2,1-2H3,(H2,21,22,25). The summed E-state index contributed by atoms with van der Waals surface area (Å²) in [5.74, 6) is -0.0602. The molecule has 1 heterocycles. The number of benzene rings is 2. The zero-order chi connectivity index (χ0) is 17.8. The molecule has 130 valence electrons. The molecule has 2 aromatic carbocycles. The Morgan fingerprint density at radius 1 is 1.00 bits per heavy atom. The number of carbonyl (C=O) groups is 2. The molecular formula is C20H23N3O2. The van der Waals surface area contributed by atoms with Crippen molar-refractivity contribution in [1.82, 2.24) is 10.2 Å². The highest BCUT2D eigenvalue weighted by molar-refractivity contribution is 6.03. The lowest BCUT2D eigenvalue weighted by molar-refractivity contribution is 0.0736. The third kappa shape index (κ3) is 3.99. The van der Waals surface area contributed by atoms with Crippen molar-refractivity contribution in [2.75, 3.05) is 11.9 Å². The summed E-state index contributed by atoms with van der Waals surface area (Å²) in [4.78, 5) is 26.8. The summed E-state index contributed by atoms with van der Waals surface area (Å²) in [5, 5.41) is 5.56. The van der Waals surface area contributed by atoms with E-state index in [4.69, 9.17) is 0 Å². The lowest BCUT2D eigenvalue weighted by Crippen LogP contribution is -2.37. The van der Waals surface area contributed by atoms with Gasteiger partial charge in [0, 0.05) is 19.1 Å². The van der Waals surface area contributed by atoms with Crippen LogP contribution in [0.3, 0.4) is 0 Å². The summed E-state index contributed by atoms with van der Waals surface area (Å²) in [5.41, 5.74) is 3.53. The smallest absolute Gasteiger partial charge is 0.319 e. The molecule has 2 N–H and O–H groups in total. The van der Waals surface area contributed by atoms with Crippen LogP contribution in [0.2, 0.25) is 0 Å². The van der Waals surface area contributed by atoms with Crippen molar-refractivity contribution in [1.29, 1.82) is 0 Å². The second-order valence-electron chi connectivity index (χ2n) is 6.54. The Morgan fingerprint density at radius 2 is 1.68 bits per heavy atom. The Hall–Kier alpha value is -2.82. The first-order valence-corrected chi connectivity index (χ1v) is 8.57. The van der Waals surface area contributed by atoms with Crippen molar-refractivity contribution in [3.63, 3.8) is 0 Å². The minimum absolute atomic E-state index is 0.0291. The first-order chi connectivity index (χ1) is 12.0. The fourth-order valence-electron chi connectivity index (χ4n) is 3.04. The first-order valence-electron chi connectivity index (χ1n) is 8.57. The lowest BCUT2D eigenvalue weighted by Gasteiger charge is -2.29. The summed E-state index contributed by atoms with van der Waals surface area (Å²) in [6.45, 7) is 5.06. The van der Waals surface area contributed by atoms with Gasteiger partial charge in [0.1, 0.15) is 0 Å². The molecule has 0 spiro atoms. The molecule has 0 aliphatic carbocycles. The Morgan fingerprint density at radius 3 is 2.44 bits per heavy atom. The third-order valence-corrected chi connectivity index (χ3v) is 4.24. The van der Waals surface area contributed by atoms with Crippen molar-refractivity contribution in [3.8, 4) is 0 Å². The fraction of sp³-hybridized carbons (Fsp3) is 0.300. The summed E-state index contributed by atoms with van der Waals surface area (Å²) in [6, 6.07) is 15.1. The maximum atomic E-state index is 13.0. The molecule has 0 unspecified atom stereocenters. The molecule has 0 atom stereocenters. The van der Waals surface area contributed by atoms with E-state index in [9.17, 15) is 9.59 Å². The molecule has 0 bridgehead atoms. The predicted octanol–water partition coefficient (Wildman–Crippen LogP) is 3.42. The highest BCUT2D eigenvalue weighted by atomic mass is 16.2. The van der Waals surface area contributed by atoms with Crippen molar-refractivity contribution in [2.24, 2.45) is 0 Å². The van der Waals surface area contributed by atoms with Gasteiger partial charge in [-0.25, -0.2) is 4.79 Å². The molecule has 5 nitrogen and oxygen atoms in total. The summed E-state index contributed by atoms with van der Waals surface area (Å²) in [6.07, 6.45) is 0.853. The van der Waals surface area contributed by atoms with Crippen molar-refractivity contribution >= 4 is 17.6 Å². The van der Waals surface area contributed by atoms with Crippen LogP contribution in [0.15, 0.2) is 48.5 Å². The van der Waals surface area contributed by atoms with Crippen LogP contribution in [0.4, 0.5) is 10.5 Å². The van der Waals surface area contributed by atoms with Gasteiger partial charge in [0.15, 0.2) is 0 Å². The van der Waals surface area contributed by atoms with Gasteiger partial charge in [-0.15, -0.1) is 0 Å². The van der Waals surface area contributed by atoms with E-state index in [2.05, 4.69) is 22.8 Å². The number of nitrogens with zero attached hydrogens (tertiary/aromatic N) is 1. The highest BCUT2D eigenvalue weighted by Crippen LogP contribution is 2.23. The molecule has 0 saturated heterocycles. The highest BCUT2D eigenvalue weighted by Gasteiger charge is 2.23. The lowest BCUT2D eigenvalue weighted by atomic mass is 9.99. The molecule has 3 amide bonds. The van der Waals surface area contributed by atoms with Crippen LogP contribution in [0, 0.1) is 0 Å². The van der Waals surface area contributed by atoms with E-state index in [1.165, 1.54) is 11.1 Å². The van der Waals surface area contributed by atoms with Crippen molar-refractivity contribution in [2.45, 2.75) is 32.9 Å². The number of fused-ring (bicyclic) bond motifs is 1. The Bertz CT molecular complexity index is 786. The molecule has 0 radical (unpaired) electrons. The number of hydrogen-bond acceptors (Lipinski definition) is 2. The van der Waals surface area contributed by atoms with E-state index in [1.807, 2.05) is 43.0 Å². The number of urea groups is 1. The van der Waals surface area contributed by atoms with Crippen LogP contribution in [-0.2, 0) is 13.0 Å². The van der Waals surface area contributed by atoms with Gasteiger partial charge in [-0.2, -0.15) is 0 Å². The van der Waals surface area contributed by atoms with Gasteiger partial charge in [-0.05, 0) is 43.5 Å². The Kier molecular flexibility index (Phi) is 5.03. The molecular weight excluding hydrogens is 314 g/mol. The Labute approximate surface area is 148 Å². The minimum Gasteiger partial charge on any atom is -0.336 e. The molecule has 5 heteroatoms. The molecule has 25 heavy (non-hydrogen) atoms. The topological polar surface area (TPSA) is 61.4 Å². The van der Waals surface area contributed by atoms with Gasteiger partial charge in [0.25, 0.3) is 5.91 Å². The zero-order valence-electron chi connectivity index (χ0n) is 14.6. The normalized spacial score (nSPS) is 13.3. The quantitative estimate of drug-likeness (QED) is 0.901. The Balaban J connectivity index is 1.78. The molecule has 1 aliphatic heterocycles. The second-order valence-corrected chi connectivity index (χ2v) is 6.54. The van der Waals surface area contributed by atoms with Crippen molar-refractivity contribution < 1.29 is 9.59 Å². The van der Waals surface area contributed by atoms with Gasteiger partial charge in [0.05, 0.1) is 11.3 Å². The van der Waals surface area contributed by atoms with Crippen molar-refractivity contribution in [3.05, 3.63) is 65.2 Å². The number of para-hydroxylation sites is 1. The summed E-state index contributed by atoms with van der Waals surface area (Å²) in [7, 11) is 0. The van der Waals surface area contributed by atoms with E-state index >= 15 is 0 Å². The number of hydrogen-bond donors (Lipinski definition) is 2. The molecule has 1 aliphatic rings. The van der Waals surface area contributed by atoms with Crippen LogP contribution in [0.25, 0.3) is 0 Å². The average Bonchev–Trinajstić information content (AvgIpc) is 2.60.